The molecule has 1 fully saturated rings. The first-order valence-electron chi connectivity index (χ1n) is 6.45. The van der Waals surface area contributed by atoms with E-state index in [4.69, 9.17) is 9.84 Å². The van der Waals surface area contributed by atoms with E-state index in [0.29, 0.717) is 18.1 Å². The summed E-state index contributed by atoms with van der Waals surface area (Å²) in [5, 5.41) is 11.6. The van der Waals surface area contributed by atoms with E-state index >= 15 is 0 Å². The Balaban J connectivity index is 1.80. The number of carbonyl (C=O) groups excluding carboxylic acids is 1. The fourth-order valence-electron chi connectivity index (χ4n) is 1.85. The minimum absolute atomic E-state index is 0.190. The number of nitrogens with one attached hydrogen (secondary N) is 1. The van der Waals surface area contributed by atoms with Gasteiger partial charge in [0, 0.05) is 4.47 Å². The van der Waals surface area contributed by atoms with Crippen molar-refractivity contribution in [2.45, 2.75) is 25.3 Å². The zero-order chi connectivity index (χ0) is 14.5. The van der Waals surface area contributed by atoms with Crippen LogP contribution in [0.1, 0.15) is 19.3 Å². The number of carbonyl (C=O) groups is 2. The standard InChI is InChI=1S/C14H16BrNO4/c15-10-2-1-3-11(7-10)20-8-13(17)16-12(14(18)19)6-9-4-5-9/h1-3,7,9,12H,4-6,8H2,(H,16,17)(H,18,19). The minimum Gasteiger partial charge on any atom is -0.484 e. The van der Waals surface area contributed by atoms with Gasteiger partial charge in [-0.1, -0.05) is 34.8 Å². The number of carboxylic acid groups (broad SMARTS) is 1. The van der Waals surface area contributed by atoms with Gasteiger partial charge in [0.25, 0.3) is 5.91 Å². The van der Waals surface area contributed by atoms with E-state index in [1.807, 2.05) is 6.07 Å². The van der Waals surface area contributed by atoms with Crippen molar-refractivity contribution in [2.24, 2.45) is 5.92 Å². The Labute approximate surface area is 125 Å². The molecule has 1 saturated carbocycles. The van der Waals surface area contributed by atoms with Crippen molar-refractivity contribution >= 4 is 27.8 Å². The van der Waals surface area contributed by atoms with E-state index in [0.717, 1.165) is 17.3 Å². The molecule has 20 heavy (non-hydrogen) atoms. The van der Waals surface area contributed by atoms with Crippen LogP contribution in [0.25, 0.3) is 0 Å². The topological polar surface area (TPSA) is 75.6 Å². The molecule has 0 bridgehead atoms. The lowest BCUT2D eigenvalue weighted by molar-refractivity contribution is -0.142. The summed E-state index contributed by atoms with van der Waals surface area (Å²) in [5.41, 5.74) is 0. The molecule has 5 nitrogen and oxygen atoms in total. The Bertz CT molecular complexity index is 502. The number of aliphatic carboxylic acids is 1. The lowest BCUT2D eigenvalue weighted by Crippen LogP contribution is -2.43. The Morgan fingerprint density at radius 3 is 2.80 bits per heavy atom. The third kappa shape index (κ3) is 4.85. The molecule has 2 rings (SSSR count). The van der Waals surface area contributed by atoms with E-state index in [1.165, 1.54) is 0 Å². The smallest absolute Gasteiger partial charge is 0.326 e. The van der Waals surface area contributed by atoms with Gasteiger partial charge in [-0.05, 0) is 30.5 Å². The molecule has 1 aliphatic rings. The van der Waals surface area contributed by atoms with Gasteiger partial charge in [0.2, 0.25) is 0 Å². The highest BCUT2D eigenvalue weighted by molar-refractivity contribution is 9.10. The maximum absolute atomic E-state index is 11.7. The summed E-state index contributed by atoms with van der Waals surface area (Å²) < 4.78 is 6.17. The second-order valence-electron chi connectivity index (χ2n) is 4.88. The number of amides is 1. The SMILES string of the molecule is O=C(COc1cccc(Br)c1)NC(CC1CC1)C(=O)O. The van der Waals surface area contributed by atoms with Crippen molar-refractivity contribution in [3.05, 3.63) is 28.7 Å². The third-order valence-corrected chi connectivity index (χ3v) is 3.56. The van der Waals surface area contributed by atoms with Gasteiger partial charge in [0.05, 0.1) is 0 Å². The number of rotatable bonds is 7. The molecule has 0 aliphatic heterocycles. The molecule has 6 heteroatoms. The predicted octanol–water partition coefficient (Wildman–Crippen LogP) is 2.20. The van der Waals surface area contributed by atoms with Gasteiger partial charge in [-0.2, -0.15) is 0 Å². The van der Waals surface area contributed by atoms with Crippen molar-refractivity contribution in [1.29, 1.82) is 0 Å². The van der Waals surface area contributed by atoms with E-state index in [2.05, 4.69) is 21.2 Å². The molecular formula is C14H16BrNO4. The molecule has 0 radical (unpaired) electrons. The molecule has 0 saturated heterocycles. The van der Waals surface area contributed by atoms with Crippen molar-refractivity contribution < 1.29 is 19.4 Å². The zero-order valence-corrected chi connectivity index (χ0v) is 12.4. The third-order valence-electron chi connectivity index (χ3n) is 3.07. The molecule has 1 unspecified atom stereocenters. The fraction of sp³-hybridized carbons (Fsp3) is 0.429. The average molecular weight is 342 g/mol. The molecule has 0 heterocycles. The van der Waals surface area contributed by atoms with Gasteiger partial charge < -0.3 is 15.2 Å². The normalized spacial score (nSPS) is 15.4. The maximum atomic E-state index is 11.7. The zero-order valence-electron chi connectivity index (χ0n) is 10.8. The van der Waals surface area contributed by atoms with Gasteiger partial charge in [0.15, 0.2) is 6.61 Å². The molecule has 2 N–H and O–H groups in total. The van der Waals surface area contributed by atoms with Crippen molar-refractivity contribution in [3.8, 4) is 5.75 Å². The number of carboxylic acids is 1. The Morgan fingerprint density at radius 2 is 2.20 bits per heavy atom. The summed E-state index contributed by atoms with van der Waals surface area (Å²) in [6.45, 7) is -0.190. The van der Waals surface area contributed by atoms with E-state index in [1.54, 1.807) is 18.2 Å². The Morgan fingerprint density at radius 1 is 1.45 bits per heavy atom. The molecule has 1 aromatic rings. The number of halogens is 1. The Kier molecular flexibility index (Phi) is 5.00. The molecule has 0 spiro atoms. The molecule has 1 aromatic carbocycles. The van der Waals surface area contributed by atoms with Crippen LogP contribution in [-0.4, -0.2) is 29.6 Å². The predicted molar refractivity (Wildman–Crippen MR) is 76.5 cm³/mol. The number of hydrogen-bond acceptors (Lipinski definition) is 3. The van der Waals surface area contributed by atoms with Crippen molar-refractivity contribution in [1.82, 2.24) is 5.32 Å². The summed E-state index contributed by atoms with van der Waals surface area (Å²) in [5.74, 6) is -0.420. The minimum atomic E-state index is -0.993. The highest BCUT2D eigenvalue weighted by Crippen LogP contribution is 2.33. The lowest BCUT2D eigenvalue weighted by Gasteiger charge is -2.14. The molecule has 0 aromatic heterocycles. The second kappa shape index (κ2) is 6.74. The van der Waals surface area contributed by atoms with Crippen LogP contribution >= 0.6 is 15.9 Å². The first-order chi connectivity index (χ1) is 9.54. The van der Waals surface area contributed by atoms with Crippen molar-refractivity contribution in [2.75, 3.05) is 6.61 Å². The van der Waals surface area contributed by atoms with Crippen molar-refractivity contribution in [3.63, 3.8) is 0 Å². The molecule has 1 amide bonds. The molecule has 108 valence electrons. The second-order valence-corrected chi connectivity index (χ2v) is 5.80. The maximum Gasteiger partial charge on any atom is 0.326 e. The van der Waals surface area contributed by atoms with Gasteiger partial charge in [-0.15, -0.1) is 0 Å². The summed E-state index contributed by atoms with van der Waals surface area (Å²) in [7, 11) is 0. The quantitative estimate of drug-likeness (QED) is 0.797. The average Bonchev–Trinajstić information content (AvgIpc) is 3.19. The van der Waals surface area contributed by atoms with Crippen LogP contribution < -0.4 is 10.1 Å². The fourth-order valence-corrected chi connectivity index (χ4v) is 2.23. The molecular weight excluding hydrogens is 326 g/mol. The van der Waals surface area contributed by atoms with Crippen LogP contribution in [0.4, 0.5) is 0 Å². The van der Waals surface area contributed by atoms with Gasteiger partial charge in [-0.3, -0.25) is 4.79 Å². The summed E-state index contributed by atoms with van der Waals surface area (Å²) in [4.78, 5) is 22.8. The van der Waals surface area contributed by atoms with E-state index in [9.17, 15) is 9.59 Å². The van der Waals surface area contributed by atoms with Crippen LogP contribution in [0.3, 0.4) is 0 Å². The van der Waals surface area contributed by atoms with Crippen LogP contribution in [0.5, 0.6) is 5.75 Å². The van der Waals surface area contributed by atoms with Gasteiger partial charge in [-0.25, -0.2) is 4.79 Å². The van der Waals surface area contributed by atoms with Gasteiger partial charge >= 0.3 is 5.97 Å². The number of hydrogen-bond donors (Lipinski definition) is 2. The van der Waals surface area contributed by atoms with Crippen LogP contribution in [0.15, 0.2) is 28.7 Å². The monoisotopic (exact) mass is 341 g/mol. The summed E-state index contributed by atoms with van der Waals surface area (Å²) in [6, 6.07) is 6.30. The number of benzene rings is 1. The first kappa shape index (κ1) is 14.8. The van der Waals surface area contributed by atoms with Crippen LogP contribution in [-0.2, 0) is 9.59 Å². The van der Waals surface area contributed by atoms with E-state index < -0.39 is 17.9 Å². The van der Waals surface area contributed by atoms with Crippen LogP contribution in [0, 0.1) is 5.92 Å². The lowest BCUT2D eigenvalue weighted by atomic mass is 10.1. The molecule has 1 atom stereocenters. The Hall–Kier alpha value is -1.56. The summed E-state index contributed by atoms with van der Waals surface area (Å²) >= 11 is 3.30. The highest BCUT2D eigenvalue weighted by atomic mass is 79.9. The largest absolute Gasteiger partial charge is 0.484 e. The number of ether oxygens (including phenoxy) is 1. The first-order valence-corrected chi connectivity index (χ1v) is 7.24. The summed E-state index contributed by atoms with van der Waals surface area (Å²) in [6.07, 6.45) is 2.60. The van der Waals surface area contributed by atoms with Crippen LogP contribution in [0.2, 0.25) is 0 Å². The molecule has 1 aliphatic carbocycles. The highest BCUT2D eigenvalue weighted by Gasteiger charge is 2.30. The van der Waals surface area contributed by atoms with E-state index in [-0.39, 0.29) is 6.61 Å². The van der Waals surface area contributed by atoms with Gasteiger partial charge in [0.1, 0.15) is 11.8 Å².